The number of rotatable bonds is 4. The highest BCUT2D eigenvalue weighted by molar-refractivity contribution is 5.97. The van der Waals surface area contributed by atoms with Gasteiger partial charge in [-0.25, -0.2) is 4.79 Å². The van der Waals surface area contributed by atoms with E-state index in [9.17, 15) is 19.5 Å². The van der Waals surface area contributed by atoms with Gasteiger partial charge in [0.25, 0.3) is 0 Å². The predicted octanol–water partition coefficient (Wildman–Crippen LogP) is 2.87. The summed E-state index contributed by atoms with van der Waals surface area (Å²) in [7, 11) is 0. The molecule has 2 amide bonds. The quantitative estimate of drug-likeness (QED) is 0.886. The number of nitrogens with zero attached hydrogens (tertiary/aromatic N) is 1. The third-order valence-corrected chi connectivity index (χ3v) is 4.46. The van der Waals surface area contributed by atoms with Crippen molar-refractivity contribution in [2.75, 3.05) is 16.8 Å². The highest BCUT2D eigenvalue weighted by atomic mass is 16.4. The average Bonchev–Trinajstić information content (AvgIpc) is 2.61. The number of benzene rings is 2. The number of amides is 2. The minimum absolute atomic E-state index is 0.00742. The second-order valence-electron chi connectivity index (χ2n) is 6.30. The van der Waals surface area contributed by atoms with Gasteiger partial charge in [-0.3, -0.25) is 9.59 Å². The maximum atomic E-state index is 12.3. The summed E-state index contributed by atoms with van der Waals surface area (Å²) in [6.07, 6.45) is 1.72. The highest BCUT2D eigenvalue weighted by Crippen LogP contribution is 2.29. The van der Waals surface area contributed by atoms with Crippen LogP contribution in [0.15, 0.2) is 42.5 Å². The van der Waals surface area contributed by atoms with Crippen molar-refractivity contribution in [1.82, 2.24) is 0 Å². The van der Waals surface area contributed by atoms with Gasteiger partial charge in [-0.05, 0) is 48.2 Å². The number of nitrogens with one attached hydrogen (secondary N) is 1. The summed E-state index contributed by atoms with van der Waals surface area (Å²) in [6.45, 7) is 2.25. The summed E-state index contributed by atoms with van der Waals surface area (Å²) in [4.78, 5) is 37.0. The summed E-state index contributed by atoms with van der Waals surface area (Å²) in [5.41, 5.74) is 3.16. The predicted molar refractivity (Wildman–Crippen MR) is 98.5 cm³/mol. The van der Waals surface area contributed by atoms with Crippen LogP contribution in [-0.4, -0.2) is 29.4 Å². The van der Waals surface area contributed by atoms with Gasteiger partial charge in [0, 0.05) is 24.8 Å². The number of fused-ring (bicyclic) bond motifs is 1. The summed E-state index contributed by atoms with van der Waals surface area (Å²) in [5, 5.41) is 12.0. The molecule has 0 atom stereocenters. The molecule has 0 aliphatic carbocycles. The van der Waals surface area contributed by atoms with Crippen LogP contribution in [0.3, 0.4) is 0 Å². The van der Waals surface area contributed by atoms with Gasteiger partial charge in [0.15, 0.2) is 0 Å². The topological polar surface area (TPSA) is 86.7 Å². The van der Waals surface area contributed by atoms with Crippen molar-refractivity contribution in [3.63, 3.8) is 0 Å². The Hall–Kier alpha value is -3.15. The van der Waals surface area contributed by atoms with Crippen LogP contribution in [0.1, 0.15) is 34.8 Å². The van der Waals surface area contributed by atoms with Crippen LogP contribution in [0.2, 0.25) is 0 Å². The molecule has 0 aromatic heterocycles. The number of aryl methyl sites for hydroxylation is 1. The minimum Gasteiger partial charge on any atom is -0.478 e. The van der Waals surface area contributed by atoms with E-state index in [4.69, 9.17) is 0 Å². The molecule has 0 radical (unpaired) electrons. The summed E-state index contributed by atoms with van der Waals surface area (Å²) in [6, 6.07) is 12.0. The number of aromatic carboxylic acids is 1. The van der Waals surface area contributed by atoms with Gasteiger partial charge in [0.05, 0.1) is 12.0 Å². The van der Waals surface area contributed by atoms with E-state index in [0.717, 1.165) is 24.1 Å². The summed E-state index contributed by atoms with van der Waals surface area (Å²) < 4.78 is 0. The lowest BCUT2D eigenvalue weighted by Crippen LogP contribution is -2.33. The fourth-order valence-electron chi connectivity index (χ4n) is 3.26. The SMILES string of the molecule is CC(=O)N1CCCc2cc(NC(=O)Cc3ccccc3C(=O)O)ccc21. The zero-order valence-corrected chi connectivity index (χ0v) is 14.5. The molecule has 1 aliphatic heterocycles. The average molecular weight is 352 g/mol. The molecular formula is C20H20N2O4. The zero-order valence-electron chi connectivity index (χ0n) is 14.5. The van der Waals surface area contributed by atoms with E-state index >= 15 is 0 Å². The smallest absolute Gasteiger partial charge is 0.335 e. The molecule has 26 heavy (non-hydrogen) atoms. The fourth-order valence-corrected chi connectivity index (χ4v) is 3.26. The first-order valence-corrected chi connectivity index (χ1v) is 8.48. The number of anilines is 2. The Morgan fingerprint density at radius 2 is 1.92 bits per heavy atom. The highest BCUT2D eigenvalue weighted by Gasteiger charge is 2.20. The molecule has 0 fully saturated rings. The lowest BCUT2D eigenvalue weighted by atomic mass is 10.0. The minimum atomic E-state index is -1.05. The molecule has 134 valence electrons. The molecule has 6 nitrogen and oxygen atoms in total. The van der Waals surface area contributed by atoms with Crippen molar-refractivity contribution < 1.29 is 19.5 Å². The Balaban J connectivity index is 1.75. The van der Waals surface area contributed by atoms with E-state index in [1.54, 1.807) is 36.1 Å². The van der Waals surface area contributed by atoms with E-state index in [0.29, 0.717) is 17.8 Å². The third kappa shape index (κ3) is 3.74. The zero-order chi connectivity index (χ0) is 18.7. The standard InChI is InChI=1S/C20H20N2O4/c1-13(23)22-10-4-6-15-11-16(8-9-18(15)22)21-19(24)12-14-5-2-3-7-17(14)20(25)26/h2-3,5,7-9,11H,4,6,10,12H2,1H3,(H,21,24)(H,25,26). The Labute approximate surface area is 151 Å². The van der Waals surface area contributed by atoms with Crippen molar-refractivity contribution in [2.24, 2.45) is 0 Å². The van der Waals surface area contributed by atoms with Crippen molar-refractivity contribution in [3.05, 3.63) is 59.2 Å². The number of carbonyl (C=O) groups excluding carboxylic acids is 2. The van der Waals surface area contributed by atoms with E-state index in [-0.39, 0.29) is 23.8 Å². The molecule has 3 rings (SSSR count). The molecule has 1 heterocycles. The molecule has 6 heteroatoms. The summed E-state index contributed by atoms with van der Waals surface area (Å²) >= 11 is 0. The largest absolute Gasteiger partial charge is 0.478 e. The first-order chi connectivity index (χ1) is 12.5. The monoisotopic (exact) mass is 352 g/mol. The summed E-state index contributed by atoms with van der Waals surface area (Å²) in [5.74, 6) is -1.32. The number of carboxylic acid groups (broad SMARTS) is 1. The van der Waals surface area contributed by atoms with E-state index < -0.39 is 5.97 Å². The van der Waals surface area contributed by atoms with E-state index in [1.165, 1.54) is 6.07 Å². The Kier molecular flexibility index (Phi) is 5.02. The Bertz CT molecular complexity index is 876. The molecule has 1 aliphatic rings. The normalized spacial score (nSPS) is 13.0. The number of hydrogen-bond acceptors (Lipinski definition) is 3. The Morgan fingerprint density at radius 3 is 2.65 bits per heavy atom. The molecule has 0 unspecified atom stereocenters. The number of hydrogen-bond donors (Lipinski definition) is 2. The Morgan fingerprint density at radius 1 is 1.15 bits per heavy atom. The van der Waals surface area contributed by atoms with Gasteiger partial charge in [-0.15, -0.1) is 0 Å². The van der Waals surface area contributed by atoms with Crippen LogP contribution < -0.4 is 10.2 Å². The molecule has 2 aromatic carbocycles. The maximum Gasteiger partial charge on any atom is 0.335 e. The second kappa shape index (κ2) is 7.39. The molecule has 0 spiro atoms. The number of carboxylic acids is 1. The third-order valence-electron chi connectivity index (χ3n) is 4.46. The van der Waals surface area contributed by atoms with Crippen molar-refractivity contribution in [3.8, 4) is 0 Å². The first-order valence-electron chi connectivity index (χ1n) is 8.48. The van der Waals surface area contributed by atoms with Gasteiger partial charge in [-0.2, -0.15) is 0 Å². The second-order valence-corrected chi connectivity index (χ2v) is 6.30. The van der Waals surface area contributed by atoms with E-state index in [2.05, 4.69) is 5.32 Å². The van der Waals surface area contributed by atoms with Crippen LogP contribution in [0.5, 0.6) is 0 Å². The molecular weight excluding hydrogens is 332 g/mol. The number of carbonyl (C=O) groups is 3. The molecule has 2 N–H and O–H groups in total. The van der Waals surface area contributed by atoms with Crippen LogP contribution >= 0.6 is 0 Å². The fraction of sp³-hybridized carbons (Fsp3) is 0.250. The molecule has 0 bridgehead atoms. The van der Waals surface area contributed by atoms with Gasteiger partial charge in [-0.1, -0.05) is 18.2 Å². The molecule has 0 saturated carbocycles. The molecule has 0 saturated heterocycles. The van der Waals surface area contributed by atoms with Gasteiger partial charge < -0.3 is 15.3 Å². The van der Waals surface area contributed by atoms with E-state index in [1.807, 2.05) is 12.1 Å². The van der Waals surface area contributed by atoms with Gasteiger partial charge in [0.2, 0.25) is 11.8 Å². The van der Waals surface area contributed by atoms with Gasteiger partial charge >= 0.3 is 5.97 Å². The first kappa shape index (κ1) is 17.7. The van der Waals surface area contributed by atoms with Crippen LogP contribution in [-0.2, 0) is 22.4 Å². The van der Waals surface area contributed by atoms with Gasteiger partial charge in [0.1, 0.15) is 0 Å². The molecule has 2 aromatic rings. The van der Waals surface area contributed by atoms with Crippen LogP contribution in [0.25, 0.3) is 0 Å². The van der Waals surface area contributed by atoms with Crippen molar-refractivity contribution >= 4 is 29.2 Å². The lowest BCUT2D eigenvalue weighted by Gasteiger charge is -2.29. The maximum absolute atomic E-state index is 12.3. The van der Waals surface area contributed by atoms with Crippen molar-refractivity contribution in [2.45, 2.75) is 26.2 Å². The van der Waals surface area contributed by atoms with Crippen molar-refractivity contribution in [1.29, 1.82) is 0 Å². The van der Waals surface area contributed by atoms with Crippen LogP contribution in [0, 0.1) is 0 Å². The van der Waals surface area contributed by atoms with Crippen LogP contribution in [0.4, 0.5) is 11.4 Å². The lowest BCUT2D eigenvalue weighted by molar-refractivity contribution is -0.117.